The standard InChI is InChI=1S/C15H14FN/c1-5-11-13(16)7-6-10-8-17-9-12(14(10)11)15(2,3)4/h1,6-9H,2-4H3. The zero-order valence-corrected chi connectivity index (χ0v) is 10.2. The van der Waals surface area contributed by atoms with Crippen molar-refractivity contribution in [1.82, 2.24) is 4.98 Å². The van der Waals surface area contributed by atoms with E-state index in [4.69, 9.17) is 6.42 Å². The first kappa shape index (κ1) is 11.6. The lowest BCUT2D eigenvalue weighted by molar-refractivity contribution is 0.591. The molecule has 86 valence electrons. The summed E-state index contributed by atoms with van der Waals surface area (Å²) < 4.78 is 13.7. The smallest absolute Gasteiger partial charge is 0.139 e. The normalized spacial score (nSPS) is 11.5. The Kier molecular flexibility index (Phi) is 2.63. The van der Waals surface area contributed by atoms with Gasteiger partial charge in [-0.05, 0) is 23.1 Å². The fourth-order valence-electron chi connectivity index (χ4n) is 1.96. The van der Waals surface area contributed by atoms with Crippen molar-refractivity contribution in [2.75, 3.05) is 0 Å². The summed E-state index contributed by atoms with van der Waals surface area (Å²) in [6.45, 7) is 6.19. The topological polar surface area (TPSA) is 12.9 Å². The minimum absolute atomic E-state index is 0.119. The third kappa shape index (κ3) is 1.89. The van der Waals surface area contributed by atoms with Gasteiger partial charge in [0.1, 0.15) is 5.82 Å². The molecule has 2 rings (SSSR count). The summed E-state index contributed by atoms with van der Waals surface area (Å²) in [6, 6.07) is 3.11. The number of nitrogens with zero attached hydrogens (tertiary/aromatic N) is 1. The molecule has 0 aliphatic carbocycles. The van der Waals surface area contributed by atoms with Crippen LogP contribution in [0.4, 0.5) is 4.39 Å². The molecule has 0 radical (unpaired) electrons. The highest BCUT2D eigenvalue weighted by Gasteiger charge is 2.20. The van der Waals surface area contributed by atoms with E-state index in [-0.39, 0.29) is 11.2 Å². The van der Waals surface area contributed by atoms with Crippen molar-refractivity contribution in [2.45, 2.75) is 26.2 Å². The number of hydrogen-bond acceptors (Lipinski definition) is 1. The van der Waals surface area contributed by atoms with Gasteiger partial charge in [-0.3, -0.25) is 4.98 Å². The Labute approximate surface area is 101 Å². The molecule has 1 heterocycles. The molecule has 0 aliphatic heterocycles. The fraction of sp³-hybridized carbons (Fsp3) is 0.267. The molecule has 2 aromatic rings. The first-order valence-electron chi connectivity index (χ1n) is 5.48. The van der Waals surface area contributed by atoms with Crippen molar-refractivity contribution >= 4 is 10.8 Å². The van der Waals surface area contributed by atoms with E-state index in [9.17, 15) is 4.39 Å². The Hall–Kier alpha value is -1.88. The molecule has 0 saturated heterocycles. The van der Waals surface area contributed by atoms with Crippen LogP contribution >= 0.6 is 0 Å². The summed E-state index contributed by atoms with van der Waals surface area (Å²) >= 11 is 0. The maximum absolute atomic E-state index is 13.7. The van der Waals surface area contributed by atoms with Gasteiger partial charge in [0.2, 0.25) is 0 Å². The van der Waals surface area contributed by atoms with Crippen LogP contribution in [0.25, 0.3) is 10.8 Å². The minimum atomic E-state index is -0.350. The van der Waals surface area contributed by atoms with Crippen LogP contribution < -0.4 is 0 Å². The number of terminal acetylenes is 1. The lowest BCUT2D eigenvalue weighted by Gasteiger charge is -2.21. The summed E-state index contributed by atoms with van der Waals surface area (Å²) in [4.78, 5) is 4.19. The average Bonchev–Trinajstić information content (AvgIpc) is 2.27. The second kappa shape index (κ2) is 3.85. The van der Waals surface area contributed by atoms with Crippen LogP contribution in [-0.4, -0.2) is 4.98 Å². The summed E-state index contributed by atoms with van der Waals surface area (Å²) in [5.74, 6) is 2.10. The minimum Gasteiger partial charge on any atom is -0.264 e. The number of halogens is 1. The Morgan fingerprint density at radius 3 is 2.53 bits per heavy atom. The van der Waals surface area contributed by atoms with E-state index >= 15 is 0 Å². The predicted octanol–water partition coefficient (Wildman–Crippen LogP) is 3.65. The number of benzene rings is 1. The van der Waals surface area contributed by atoms with Crippen molar-refractivity contribution in [3.8, 4) is 12.3 Å². The molecule has 17 heavy (non-hydrogen) atoms. The van der Waals surface area contributed by atoms with Crippen molar-refractivity contribution in [3.63, 3.8) is 0 Å². The summed E-state index contributed by atoms with van der Waals surface area (Å²) in [6.07, 6.45) is 8.90. The van der Waals surface area contributed by atoms with E-state index in [1.807, 2.05) is 0 Å². The third-order valence-corrected chi connectivity index (χ3v) is 2.83. The molecule has 0 unspecified atom stereocenters. The predicted molar refractivity (Wildman–Crippen MR) is 68.3 cm³/mol. The maximum atomic E-state index is 13.7. The van der Waals surface area contributed by atoms with Gasteiger partial charge in [-0.25, -0.2) is 4.39 Å². The van der Waals surface area contributed by atoms with E-state index in [0.717, 1.165) is 16.3 Å². The average molecular weight is 227 g/mol. The van der Waals surface area contributed by atoms with Crippen LogP contribution in [0.15, 0.2) is 24.5 Å². The van der Waals surface area contributed by atoms with Gasteiger partial charge in [-0.15, -0.1) is 6.42 Å². The van der Waals surface area contributed by atoms with Crippen LogP contribution in [0, 0.1) is 18.2 Å². The van der Waals surface area contributed by atoms with Crippen molar-refractivity contribution in [3.05, 3.63) is 41.5 Å². The first-order valence-corrected chi connectivity index (χ1v) is 5.48. The fourth-order valence-corrected chi connectivity index (χ4v) is 1.96. The second-order valence-corrected chi connectivity index (χ2v) is 5.10. The van der Waals surface area contributed by atoms with E-state index in [1.165, 1.54) is 6.07 Å². The zero-order chi connectivity index (χ0) is 12.6. The highest BCUT2D eigenvalue weighted by Crippen LogP contribution is 2.32. The summed E-state index contributed by atoms with van der Waals surface area (Å²) in [5, 5.41) is 1.68. The number of aromatic nitrogens is 1. The zero-order valence-electron chi connectivity index (χ0n) is 10.2. The van der Waals surface area contributed by atoms with Gasteiger partial charge in [0, 0.05) is 23.2 Å². The number of pyridine rings is 1. The van der Waals surface area contributed by atoms with E-state index in [2.05, 4.69) is 31.7 Å². The molecule has 0 saturated carbocycles. The van der Waals surface area contributed by atoms with Crippen molar-refractivity contribution in [1.29, 1.82) is 0 Å². The monoisotopic (exact) mass is 227 g/mol. The SMILES string of the molecule is C#Cc1c(F)ccc2cncc(C(C)(C)C)c12. The van der Waals surface area contributed by atoms with E-state index in [0.29, 0.717) is 5.56 Å². The maximum Gasteiger partial charge on any atom is 0.139 e. The van der Waals surface area contributed by atoms with Gasteiger partial charge in [0.15, 0.2) is 0 Å². The molecular formula is C15H14FN. The molecular weight excluding hydrogens is 213 g/mol. The summed E-state index contributed by atoms with van der Waals surface area (Å²) in [7, 11) is 0. The molecule has 0 N–H and O–H groups in total. The molecule has 0 spiro atoms. The van der Waals surface area contributed by atoms with Gasteiger partial charge in [0.05, 0.1) is 5.56 Å². The van der Waals surface area contributed by atoms with Crippen LogP contribution in [0.1, 0.15) is 31.9 Å². The second-order valence-electron chi connectivity index (χ2n) is 5.10. The third-order valence-electron chi connectivity index (χ3n) is 2.83. The van der Waals surface area contributed by atoms with Crippen LogP contribution in [0.3, 0.4) is 0 Å². The molecule has 0 atom stereocenters. The Balaban J connectivity index is 2.97. The quantitative estimate of drug-likeness (QED) is 0.626. The van der Waals surface area contributed by atoms with E-state index < -0.39 is 0 Å². The van der Waals surface area contributed by atoms with Crippen LogP contribution in [0.5, 0.6) is 0 Å². The Morgan fingerprint density at radius 1 is 1.24 bits per heavy atom. The van der Waals surface area contributed by atoms with Gasteiger partial charge in [0.25, 0.3) is 0 Å². The number of rotatable bonds is 0. The molecule has 0 fully saturated rings. The van der Waals surface area contributed by atoms with Crippen LogP contribution in [-0.2, 0) is 5.41 Å². The largest absolute Gasteiger partial charge is 0.264 e. The van der Waals surface area contributed by atoms with Gasteiger partial charge < -0.3 is 0 Å². The van der Waals surface area contributed by atoms with Gasteiger partial charge in [-0.2, -0.15) is 0 Å². The highest BCUT2D eigenvalue weighted by molar-refractivity contribution is 5.91. The number of hydrogen-bond donors (Lipinski definition) is 0. The van der Waals surface area contributed by atoms with E-state index in [1.54, 1.807) is 18.5 Å². The lowest BCUT2D eigenvalue weighted by Crippen LogP contribution is -2.13. The molecule has 0 amide bonds. The molecule has 1 aromatic heterocycles. The van der Waals surface area contributed by atoms with Crippen LogP contribution in [0.2, 0.25) is 0 Å². The molecule has 1 nitrogen and oxygen atoms in total. The molecule has 2 heteroatoms. The molecule has 0 aliphatic rings. The highest BCUT2D eigenvalue weighted by atomic mass is 19.1. The summed E-state index contributed by atoms with van der Waals surface area (Å²) in [5.41, 5.74) is 1.18. The molecule has 1 aromatic carbocycles. The van der Waals surface area contributed by atoms with Gasteiger partial charge >= 0.3 is 0 Å². The Morgan fingerprint density at radius 2 is 1.94 bits per heavy atom. The first-order chi connectivity index (χ1) is 7.95. The Bertz CT molecular complexity index is 615. The lowest BCUT2D eigenvalue weighted by atomic mass is 9.84. The number of fused-ring (bicyclic) bond motifs is 1. The molecule has 0 bridgehead atoms. The van der Waals surface area contributed by atoms with Gasteiger partial charge in [-0.1, -0.05) is 26.7 Å². The van der Waals surface area contributed by atoms with Crippen molar-refractivity contribution in [2.24, 2.45) is 0 Å². The van der Waals surface area contributed by atoms with Crippen molar-refractivity contribution < 1.29 is 4.39 Å².